The first-order valence-corrected chi connectivity index (χ1v) is 8.76. The van der Waals surface area contributed by atoms with Gasteiger partial charge in [0.2, 0.25) is 0 Å². The third kappa shape index (κ3) is 6.09. The van der Waals surface area contributed by atoms with Gasteiger partial charge < -0.3 is 14.4 Å². The van der Waals surface area contributed by atoms with E-state index in [-0.39, 0.29) is 18.5 Å². The van der Waals surface area contributed by atoms with E-state index < -0.39 is 21.0 Å². The van der Waals surface area contributed by atoms with Gasteiger partial charge in [-0.3, -0.25) is 0 Å². The third-order valence-electron chi connectivity index (χ3n) is 2.99. The summed E-state index contributed by atoms with van der Waals surface area (Å²) >= 11 is 0. The first kappa shape index (κ1) is 17.2. The lowest BCUT2D eigenvalue weighted by Crippen LogP contribution is -2.39. The molecule has 0 saturated carbocycles. The maximum Gasteiger partial charge on any atom is 0.410 e. The molecule has 0 aromatic carbocycles. The molecule has 1 rings (SSSR count). The zero-order valence-corrected chi connectivity index (χ0v) is 13.7. The minimum absolute atomic E-state index is 0.00493. The van der Waals surface area contributed by atoms with Crippen molar-refractivity contribution in [1.29, 1.82) is 0 Å². The molecule has 1 amide bonds. The standard InChI is InChI=1S/C13H25NO5S/c1-12(2,3)19-11(15)14-7-6-13(4,10-14)18-8-9-20(5,16)17/h6-10H2,1-5H3. The van der Waals surface area contributed by atoms with E-state index in [4.69, 9.17) is 9.47 Å². The summed E-state index contributed by atoms with van der Waals surface area (Å²) in [6, 6.07) is 0. The molecule has 20 heavy (non-hydrogen) atoms. The molecular formula is C13H25NO5S. The number of carbonyl (C=O) groups excluding carboxylic acids is 1. The molecule has 1 aliphatic rings. The molecule has 1 saturated heterocycles. The number of rotatable bonds is 4. The van der Waals surface area contributed by atoms with Crippen LogP contribution in [0.25, 0.3) is 0 Å². The Labute approximate surface area is 121 Å². The number of nitrogens with zero attached hydrogens (tertiary/aromatic N) is 1. The molecule has 7 heteroatoms. The van der Waals surface area contributed by atoms with Crippen LogP contribution < -0.4 is 0 Å². The molecular weight excluding hydrogens is 282 g/mol. The van der Waals surface area contributed by atoms with Crippen LogP contribution in [-0.2, 0) is 19.3 Å². The predicted octanol–water partition coefficient (Wildman–Crippen LogP) is 1.45. The molecule has 118 valence electrons. The van der Waals surface area contributed by atoms with Crippen LogP contribution in [0.1, 0.15) is 34.1 Å². The van der Waals surface area contributed by atoms with Gasteiger partial charge in [-0.05, 0) is 34.1 Å². The van der Waals surface area contributed by atoms with Crippen LogP contribution in [0.4, 0.5) is 4.79 Å². The molecule has 0 aromatic heterocycles. The Morgan fingerprint density at radius 2 is 1.95 bits per heavy atom. The maximum absolute atomic E-state index is 11.9. The van der Waals surface area contributed by atoms with Crippen molar-refractivity contribution < 1.29 is 22.7 Å². The van der Waals surface area contributed by atoms with Crippen LogP contribution in [0, 0.1) is 0 Å². The first-order valence-electron chi connectivity index (χ1n) is 6.70. The largest absolute Gasteiger partial charge is 0.444 e. The van der Waals surface area contributed by atoms with Crippen molar-refractivity contribution in [3.8, 4) is 0 Å². The van der Waals surface area contributed by atoms with Gasteiger partial charge in [0.25, 0.3) is 0 Å². The van der Waals surface area contributed by atoms with Gasteiger partial charge in [0.15, 0.2) is 0 Å². The van der Waals surface area contributed by atoms with Gasteiger partial charge in [-0.1, -0.05) is 0 Å². The van der Waals surface area contributed by atoms with Crippen LogP contribution in [0.3, 0.4) is 0 Å². The number of sulfone groups is 1. The Kier molecular flexibility index (Phi) is 5.08. The fourth-order valence-corrected chi connectivity index (χ4v) is 2.36. The topological polar surface area (TPSA) is 72.9 Å². The molecule has 1 atom stereocenters. The van der Waals surface area contributed by atoms with Gasteiger partial charge in [-0.2, -0.15) is 0 Å². The van der Waals surface area contributed by atoms with E-state index in [0.29, 0.717) is 19.5 Å². The second-order valence-electron chi connectivity index (χ2n) is 6.58. The second kappa shape index (κ2) is 5.89. The quantitative estimate of drug-likeness (QED) is 0.786. The van der Waals surface area contributed by atoms with E-state index in [0.717, 1.165) is 0 Å². The summed E-state index contributed by atoms with van der Waals surface area (Å²) in [5.74, 6) is -0.00493. The summed E-state index contributed by atoms with van der Waals surface area (Å²) in [6.07, 6.45) is 1.50. The highest BCUT2D eigenvalue weighted by Crippen LogP contribution is 2.26. The zero-order chi connectivity index (χ0) is 15.6. The maximum atomic E-state index is 11.9. The van der Waals surface area contributed by atoms with Gasteiger partial charge in [0, 0.05) is 12.8 Å². The van der Waals surface area contributed by atoms with Gasteiger partial charge >= 0.3 is 6.09 Å². The van der Waals surface area contributed by atoms with Crippen molar-refractivity contribution in [1.82, 2.24) is 4.90 Å². The van der Waals surface area contributed by atoms with Crippen LogP contribution in [0.5, 0.6) is 0 Å². The lowest BCUT2D eigenvalue weighted by molar-refractivity contribution is -0.0201. The van der Waals surface area contributed by atoms with Crippen LogP contribution in [-0.4, -0.2) is 62.3 Å². The van der Waals surface area contributed by atoms with Gasteiger partial charge in [0.1, 0.15) is 15.4 Å². The van der Waals surface area contributed by atoms with Crippen LogP contribution >= 0.6 is 0 Å². The molecule has 1 fully saturated rings. The summed E-state index contributed by atoms with van der Waals surface area (Å²) in [6.45, 7) is 8.49. The normalized spacial score (nSPS) is 23.9. The van der Waals surface area contributed by atoms with Crippen molar-refractivity contribution in [2.45, 2.75) is 45.3 Å². The molecule has 1 heterocycles. The predicted molar refractivity (Wildman–Crippen MR) is 76.5 cm³/mol. The monoisotopic (exact) mass is 307 g/mol. The minimum Gasteiger partial charge on any atom is -0.444 e. The molecule has 6 nitrogen and oxygen atoms in total. The average molecular weight is 307 g/mol. The molecule has 0 radical (unpaired) electrons. The van der Waals surface area contributed by atoms with E-state index in [1.165, 1.54) is 6.26 Å². The van der Waals surface area contributed by atoms with E-state index in [2.05, 4.69) is 0 Å². The second-order valence-corrected chi connectivity index (χ2v) is 8.84. The lowest BCUT2D eigenvalue weighted by Gasteiger charge is -2.27. The number of likely N-dealkylation sites (tertiary alicyclic amines) is 1. The smallest absolute Gasteiger partial charge is 0.410 e. The SMILES string of the molecule is CC(C)(C)OC(=O)N1CCC(C)(OCCS(C)(=O)=O)C1. The summed E-state index contributed by atoms with van der Waals surface area (Å²) in [4.78, 5) is 13.5. The molecule has 1 aliphatic heterocycles. The summed E-state index contributed by atoms with van der Waals surface area (Å²) < 4.78 is 33.1. The Hall–Kier alpha value is -0.820. The van der Waals surface area contributed by atoms with E-state index in [9.17, 15) is 13.2 Å². The number of ether oxygens (including phenoxy) is 2. The molecule has 0 aliphatic carbocycles. The number of amides is 1. The number of hydrogen-bond donors (Lipinski definition) is 0. The van der Waals surface area contributed by atoms with Crippen LogP contribution in [0.2, 0.25) is 0 Å². The summed E-state index contributed by atoms with van der Waals surface area (Å²) in [5, 5.41) is 0. The van der Waals surface area contributed by atoms with E-state index >= 15 is 0 Å². The van der Waals surface area contributed by atoms with Gasteiger partial charge in [-0.15, -0.1) is 0 Å². The fourth-order valence-electron chi connectivity index (χ4n) is 1.97. The third-order valence-corrected chi connectivity index (χ3v) is 3.90. The highest BCUT2D eigenvalue weighted by molar-refractivity contribution is 7.90. The molecule has 0 aromatic rings. The summed E-state index contributed by atoms with van der Waals surface area (Å²) in [5.41, 5.74) is -1.02. The number of hydrogen-bond acceptors (Lipinski definition) is 5. The van der Waals surface area contributed by atoms with Crippen molar-refractivity contribution in [3.05, 3.63) is 0 Å². The van der Waals surface area contributed by atoms with Crippen LogP contribution in [0.15, 0.2) is 0 Å². The Morgan fingerprint density at radius 1 is 1.35 bits per heavy atom. The number of carbonyl (C=O) groups is 1. The summed E-state index contributed by atoms with van der Waals surface area (Å²) in [7, 11) is -3.03. The first-order chi connectivity index (χ1) is 8.90. The van der Waals surface area contributed by atoms with Crippen molar-refractivity contribution in [3.63, 3.8) is 0 Å². The molecule has 0 spiro atoms. The van der Waals surface area contributed by atoms with Gasteiger partial charge in [-0.25, -0.2) is 13.2 Å². The van der Waals surface area contributed by atoms with E-state index in [1.807, 2.05) is 27.7 Å². The zero-order valence-electron chi connectivity index (χ0n) is 12.9. The molecule has 0 bridgehead atoms. The Balaban J connectivity index is 2.47. The molecule has 1 unspecified atom stereocenters. The van der Waals surface area contributed by atoms with Crippen molar-refractivity contribution in [2.24, 2.45) is 0 Å². The Bertz CT molecular complexity index is 454. The van der Waals surface area contributed by atoms with Gasteiger partial charge in [0.05, 0.1) is 24.5 Å². The van der Waals surface area contributed by atoms with E-state index in [1.54, 1.807) is 4.90 Å². The van der Waals surface area contributed by atoms with Crippen molar-refractivity contribution in [2.75, 3.05) is 31.7 Å². The lowest BCUT2D eigenvalue weighted by atomic mass is 10.1. The average Bonchev–Trinajstić information content (AvgIpc) is 2.56. The molecule has 0 N–H and O–H groups in total. The highest BCUT2D eigenvalue weighted by atomic mass is 32.2. The van der Waals surface area contributed by atoms with Crippen molar-refractivity contribution >= 4 is 15.9 Å². The Morgan fingerprint density at radius 3 is 2.45 bits per heavy atom. The minimum atomic E-state index is -3.03. The highest BCUT2D eigenvalue weighted by Gasteiger charge is 2.38. The fraction of sp³-hybridized carbons (Fsp3) is 0.923.